The third kappa shape index (κ3) is 4.70. The van der Waals surface area contributed by atoms with Crippen molar-refractivity contribution in [3.05, 3.63) is 0 Å². The summed E-state index contributed by atoms with van der Waals surface area (Å²) >= 11 is 0. The molecule has 1 unspecified atom stereocenters. The van der Waals surface area contributed by atoms with Gasteiger partial charge in [0.1, 0.15) is 0 Å². The number of rotatable bonds is 4. The Morgan fingerprint density at radius 1 is 0.917 bits per heavy atom. The zero-order valence-electron chi connectivity index (χ0n) is 15.3. The lowest BCUT2D eigenvalue weighted by molar-refractivity contribution is -0.138. The maximum Gasteiger partial charge on any atom is 0.239 e. The number of ether oxygens (including phenoxy) is 1. The van der Waals surface area contributed by atoms with E-state index in [2.05, 4.69) is 11.9 Å². The second-order valence-electron chi connectivity index (χ2n) is 8.09. The number of nitrogens with zero attached hydrogens (tertiary/aromatic N) is 2. The fourth-order valence-corrected chi connectivity index (χ4v) is 4.51. The molecule has 2 N–H and O–H groups in total. The number of carbonyl (C=O) groups excluding carboxylic acids is 1. The first-order valence-corrected chi connectivity index (χ1v) is 10.0. The van der Waals surface area contributed by atoms with Gasteiger partial charge in [0.25, 0.3) is 0 Å². The molecule has 5 nitrogen and oxygen atoms in total. The van der Waals surface area contributed by atoms with Gasteiger partial charge in [-0.2, -0.15) is 0 Å². The van der Waals surface area contributed by atoms with Crippen LogP contribution in [0.5, 0.6) is 0 Å². The number of hydrogen-bond donors (Lipinski definition) is 1. The average molecular weight is 338 g/mol. The van der Waals surface area contributed by atoms with Gasteiger partial charge in [0.15, 0.2) is 0 Å². The van der Waals surface area contributed by atoms with Crippen LogP contribution in [-0.4, -0.2) is 67.2 Å². The Morgan fingerprint density at radius 2 is 1.46 bits per heavy atom. The monoisotopic (exact) mass is 337 g/mol. The van der Waals surface area contributed by atoms with Gasteiger partial charge in [-0.25, -0.2) is 0 Å². The molecular weight excluding hydrogens is 302 g/mol. The van der Waals surface area contributed by atoms with E-state index in [0.29, 0.717) is 18.1 Å². The van der Waals surface area contributed by atoms with E-state index < -0.39 is 0 Å². The van der Waals surface area contributed by atoms with Crippen LogP contribution >= 0.6 is 0 Å². The van der Waals surface area contributed by atoms with Crippen molar-refractivity contribution in [2.45, 2.75) is 76.0 Å². The number of likely N-dealkylation sites (tertiary alicyclic amines) is 2. The minimum atomic E-state index is -0.281. The van der Waals surface area contributed by atoms with E-state index in [9.17, 15) is 4.79 Å². The molecule has 0 aromatic heterocycles. The summed E-state index contributed by atoms with van der Waals surface area (Å²) < 4.78 is 6.29. The maximum atomic E-state index is 12.7. The lowest BCUT2D eigenvalue weighted by Gasteiger charge is -2.38. The molecule has 24 heavy (non-hydrogen) atoms. The van der Waals surface area contributed by atoms with Crippen LogP contribution in [0.4, 0.5) is 0 Å². The second-order valence-corrected chi connectivity index (χ2v) is 8.09. The van der Waals surface area contributed by atoms with Crippen LogP contribution in [0.2, 0.25) is 0 Å². The van der Waals surface area contributed by atoms with Crippen LogP contribution in [0, 0.1) is 5.92 Å². The topological polar surface area (TPSA) is 58.8 Å². The Bertz CT molecular complexity index is 395. The fourth-order valence-electron chi connectivity index (χ4n) is 4.51. The van der Waals surface area contributed by atoms with E-state index >= 15 is 0 Å². The van der Waals surface area contributed by atoms with Gasteiger partial charge in [0, 0.05) is 26.2 Å². The summed E-state index contributed by atoms with van der Waals surface area (Å²) in [5, 5.41) is 0. The van der Waals surface area contributed by atoms with E-state index in [-0.39, 0.29) is 11.9 Å². The summed E-state index contributed by atoms with van der Waals surface area (Å²) in [6, 6.07) is -0.281. The van der Waals surface area contributed by atoms with Gasteiger partial charge >= 0.3 is 0 Å². The first-order chi connectivity index (χ1) is 11.6. The Balaban J connectivity index is 1.40. The Labute approximate surface area is 146 Å². The Hall–Kier alpha value is -0.650. The standard InChI is InChI=1S/C19H35N3O2/c1-21-11-7-16(8-12-21)24-17-9-13-22(14-10-17)19(23)18(20)15-5-3-2-4-6-15/h15-18H,2-14,20H2,1H3. The van der Waals surface area contributed by atoms with Crippen molar-refractivity contribution in [3.63, 3.8) is 0 Å². The van der Waals surface area contributed by atoms with Crippen molar-refractivity contribution in [1.82, 2.24) is 9.80 Å². The average Bonchev–Trinajstić information content (AvgIpc) is 2.64. The zero-order valence-corrected chi connectivity index (χ0v) is 15.3. The summed E-state index contributed by atoms with van der Waals surface area (Å²) in [5.74, 6) is 0.582. The molecule has 2 heterocycles. The molecule has 1 aliphatic carbocycles. The van der Waals surface area contributed by atoms with Crippen LogP contribution in [0.1, 0.15) is 57.8 Å². The largest absolute Gasteiger partial charge is 0.375 e. The summed E-state index contributed by atoms with van der Waals surface area (Å²) in [7, 11) is 2.18. The highest BCUT2D eigenvalue weighted by molar-refractivity contribution is 5.82. The number of hydrogen-bond acceptors (Lipinski definition) is 4. The van der Waals surface area contributed by atoms with Gasteiger partial charge in [-0.3, -0.25) is 4.79 Å². The Kier molecular flexibility index (Phi) is 6.53. The number of amides is 1. The smallest absolute Gasteiger partial charge is 0.239 e. The van der Waals surface area contributed by atoms with E-state index in [1.807, 2.05) is 4.90 Å². The van der Waals surface area contributed by atoms with Crippen molar-refractivity contribution in [1.29, 1.82) is 0 Å². The summed E-state index contributed by atoms with van der Waals surface area (Å²) in [5.41, 5.74) is 6.29. The van der Waals surface area contributed by atoms with Gasteiger partial charge in [-0.05, 0) is 51.5 Å². The van der Waals surface area contributed by atoms with Gasteiger partial charge in [0.05, 0.1) is 18.2 Å². The molecule has 0 spiro atoms. The number of carbonyl (C=O) groups is 1. The third-order valence-corrected chi connectivity index (χ3v) is 6.25. The minimum absolute atomic E-state index is 0.180. The molecule has 0 radical (unpaired) electrons. The molecule has 2 saturated heterocycles. The van der Waals surface area contributed by atoms with Gasteiger partial charge in [0.2, 0.25) is 5.91 Å². The van der Waals surface area contributed by atoms with Gasteiger partial charge in [-0.15, -0.1) is 0 Å². The highest BCUT2D eigenvalue weighted by Crippen LogP contribution is 2.27. The molecule has 2 aliphatic heterocycles. The van der Waals surface area contributed by atoms with Crippen LogP contribution in [0.25, 0.3) is 0 Å². The molecule has 1 atom stereocenters. The second kappa shape index (κ2) is 8.63. The van der Waals surface area contributed by atoms with Crippen molar-refractivity contribution < 1.29 is 9.53 Å². The molecule has 3 rings (SSSR count). The van der Waals surface area contributed by atoms with E-state index in [1.54, 1.807) is 0 Å². The predicted molar refractivity (Wildman–Crippen MR) is 95.8 cm³/mol. The SMILES string of the molecule is CN1CCC(OC2CCN(C(=O)C(N)C3CCCCC3)CC2)CC1. The quantitative estimate of drug-likeness (QED) is 0.852. The van der Waals surface area contributed by atoms with Crippen LogP contribution in [0.3, 0.4) is 0 Å². The molecule has 5 heteroatoms. The van der Waals surface area contributed by atoms with Crippen molar-refractivity contribution in [2.75, 3.05) is 33.2 Å². The molecule has 3 fully saturated rings. The number of nitrogens with two attached hydrogens (primary N) is 1. The first-order valence-electron chi connectivity index (χ1n) is 10.0. The Morgan fingerprint density at radius 3 is 2.04 bits per heavy atom. The van der Waals surface area contributed by atoms with Crippen LogP contribution in [-0.2, 0) is 9.53 Å². The first kappa shape index (κ1) is 18.2. The molecule has 1 saturated carbocycles. The number of piperidine rings is 2. The van der Waals surface area contributed by atoms with Crippen LogP contribution in [0.15, 0.2) is 0 Å². The molecule has 0 bridgehead atoms. The lowest BCUT2D eigenvalue weighted by atomic mass is 9.83. The highest BCUT2D eigenvalue weighted by atomic mass is 16.5. The predicted octanol–water partition coefficient (Wildman–Crippen LogP) is 2.00. The zero-order chi connectivity index (χ0) is 16.9. The summed E-state index contributed by atoms with van der Waals surface area (Å²) in [6.45, 7) is 3.91. The lowest BCUT2D eigenvalue weighted by Crippen LogP contribution is -2.51. The summed E-state index contributed by atoms with van der Waals surface area (Å²) in [6.07, 6.45) is 11.0. The molecule has 3 aliphatic rings. The summed E-state index contributed by atoms with van der Waals surface area (Å²) in [4.78, 5) is 17.0. The maximum absolute atomic E-state index is 12.7. The van der Waals surface area contributed by atoms with Gasteiger partial charge < -0.3 is 20.3 Å². The molecule has 0 aromatic carbocycles. The normalized spacial score (nSPS) is 27.3. The molecule has 1 amide bonds. The highest BCUT2D eigenvalue weighted by Gasteiger charge is 2.32. The van der Waals surface area contributed by atoms with Gasteiger partial charge in [-0.1, -0.05) is 19.3 Å². The fraction of sp³-hybridized carbons (Fsp3) is 0.947. The van der Waals surface area contributed by atoms with E-state index in [4.69, 9.17) is 10.5 Å². The van der Waals surface area contributed by atoms with Crippen molar-refractivity contribution in [2.24, 2.45) is 11.7 Å². The van der Waals surface area contributed by atoms with E-state index in [1.165, 1.54) is 19.3 Å². The van der Waals surface area contributed by atoms with Crippen molar-refractivity contribution in [3.8, 4) is 0 Å². The van der Waals surface area contributed by atoms with E-state index in [0.717, 1.165) is 64.7 Å². The molecule has 138 valence electrons. The molecule has 0 aromatic rings. The molecular formula is C19H35N3O2. The van der Waals surface area contributed by atoms with Crippen LogP contribution < -0.4 is 5.73 Å². The third-order valence-electron chi connectivity index (χ3n) is 6.25. The minimum Gasteiger partial charge on any atom is -0.375 e. The van der Waals surface area contributed by atoms with Crippen molar-refractivity contribution >= 4 is 5.91 Å².